The molecule has 0 spiro atoms. The number of benzene rings is 2. The first kappa shape index (κ1) is 22.0. The van der Waals surface area contributed by atoms with Crippen LogP contribution in [0.3, 0.4) is 0 Å². The van der Waals surface area contributed by atoms with Gasteiger partial charge in [0.2, 0.25) is 5.91 Å². The lowest BCUT2D eigenvalue weighted by Crippen LogP contribution is -2.37. The predicted octanol–water partition coefficient (Wildman–Crippen LogP) is 4.32. The van der Waals surface area contributed by atoms with Crippen LogP contribution in [0, 0.1) is 0 Å². The second-order valence-corrected chi connectivity index (χ2v) is 9.21. The third-order valence-electron chi connectivity index (χ3n) is 6.27. The van der Waals surface area contributed by atoms with Crippen molar-refractivity contribution in [2.24, 2.45) is 0 Å². The Hall–Kier alpha value is -3.78. The molecule has 3 aromatic rings. The highest BCUT2D eigenvalue weighted by Gasteiger charge is 2.36. The molecule has 1 aliphatic carbocycles. The number of ether oxygens (including phenoxy) is 1. The Labute approximate surface area is 200 Å². The quantitative estimate of drug-likeness (QED) is 0.439. The molecule has 3 amide bonds. The fraction of sp³-hybridized carbons (Fsp3) is 0.231. The molecule has 0 saturated carbocycles. The van der Waals surface area contributed by atoms with E-state index in [2.05, 4.69) is 17.4 Å². The summed E-state index contributed by atoms with van der Waals surface area (Å²) < 4.78 is 5.00. The van der Waals surface area contributed by atoms with Crippen LogP contribution in [0.15, 0.2) is 47.8 Å². The average molecular weight is 475 g/mol. The minimum Gasteiger partial charge on any atom is -0.465 e. The molecule has 1 aliphatic heterocycles. The largest absolute Gasteiger partial charge is 0.465 e. The predicted molar refractivity (Wildman–Crippen MR) is 128 cm³/mol. The molecule has 1 N–H and O–H groups in total. The van der Waals surface area contributed by atoms with Crippen LogP contribution in [-0.4, -0.2) is 42.2 Å². The first-order valence-electron chi connectivity index (χ1n) is 11.0. The number of fused-ring (bicyclic) bond motifs is 2. The van der Waals surface area contributed by atoms with Crippen LogP contribution in [0.4, 0.5) is 5.00 Å². The van der Waals surface area contributed by atoms with E-state index in [0.717, 1.165) is 29.7 Å². The number of imide groups is 1. The summed E-state index contributed by atoms with van der Waals surface area (Å²) in [5.41, 5.74) is 5.00. The minimum atomic E-state index is -0.571. The molecule has 34 heavy (non-hydrogen) atoms. The number of methoxy groups -OCH3 is 1. The maximum atomic E-state index is 12.8. The van der Waals surface area contributed by atoms with E-state index in [1.807, 2.05) is 11.4 Å². The van der Waals surface area contributed by atoms with Gasteiger partial charge in [-0.2, -0.15) is 0 Å². The number of rotatable bonds is 5. The van der Waals surface area contributed by atoms with Crippen LogP contribution < -0.4 is 5.32 Å². The smallest absolute Gasteiger partial charge is 0.341 e. The number of carbonyl (C=O) groups excluding carboxylic acids is 4. The van der Waals surface area contributed by atoms with Gasteiger partial charge in [0.25, 0.3) is 11.8 Å². The standard InChI is InChI=1S/C26H22N2O5S/c1-33-26(32)22-20(17-11-10-15-6-2-3-7-16(15)12-17)14-34-23(22)27-21(29)13-28-24(30)18-8-4-5-9-19(18)25(28)31/h4-5,8-12,14H,2-3,6-7,13H2,1H3,(H,27,29). The van der Waals surface area contributed by atoms with Crippen molar-refractivity contribution in [2.75, 3.05) is 19.0 Å². The number of nitrogens with one attached hydrogen (secondary N) is 1. The van der Waals surface area contributed by atoms with Crippen molar-refractivity contribution in [3.63, 3.8) is 0 Å². The van der Waals surface area contributed by atoms with E-state index in [9.17, 15) is 19.2 Å². The normalized spacial score (nSPS) is 14.6. The summed E-state index contributed by atoms with van der Waals surface area (Å²) >= 11 is 1.21. The number of anilines is 1. The molecule has 1 aromatic heterocycles. The van der Waals surface area contributed by atoms with Gasteiger partial charge in [-0.3, -0.25) is 19.3 Å². The zero-order chi connectivity index (χ0) is 23.8. The molecule has 5 rings (SSSR count). The summed E-state index contributed by atoms with van der Waals surface area (Å²) in [5.74, 6) is -2.15. The van der Waals surface area contributed by atoms with Crippen molar-refractivity contribution in [1.82, 2.24) is 4.90 Å². The first-order chi connectivity index (χ1) is 16.5. The van der Waals surface area contributed by atoms with Crippen molar-refractivity contribution in [3.8, 4) is 11.1 Å². The lowest BCUT2D eigenvalue weighted by atomic mass is 9.89. The van der Waals surface area contributed by atoms with Crippen molar-refractivity contribution < 1.29 is 23.9 Å². The van der Waals surface area contributed by atoms with Gasteiger partial charge < -0.3 is 10.1 Å². The highest BCUT2D eigenvalue weighted by Crippen LogP contribution is 2.38. The zero-order valence-electron chi connectivity index (χ0n) is 18.6. The summed E-state index contributed by atoms with van der Waals surface area (Å²) in [6.07, 6.45) is 4.39. The minimum absolute atomic E-state index is 0.263. The van der Waals surface area contributed by atoms with E-state index in [0.29, 0.717) is 10.6 Å². The van der Waals surface area contributed by atoms with Crippen LogP contribution in [0.2, 0.25) is 0 Å². The number of esters is 1. The zero-order valence-corrected chi connectivity index (χ0v) is 19.4. The van der Waals surface area contributed by atoms with Crippen LogP contribution in [0.5, 0.6) is 0 Å². The van der Waals surface area contributed by atoms with Gasteiger partial charge >= 0.3 is 5.97 Å². The summed E-state index contributed by atoms with van der Waals surface area (Å²) in [6, 6.07) is 12.7. The lowest BCUT2D eigenvalue weighted by molar-refractivity contribution is -0.116. The number of hydrogen-bond acceptors (Lipinski definition) is 6. The highest BCUT2D eigenvalue weighted by atomic mass is 32.1. The van der Waals surface area contributed by atoms with Crippen LogP contribution >= 0.6 is 11.3 Å². The molecular formula is C26H22N2O5S. The molecule has 0 saturated heterocycles. The van der Waals surface area contributed by atoms with Gasteiger partial charge in [-0.1, -0.05) is 30.3 Å². The molecule has 2 aliphatic rings. The molecule has 0 atom stereocenters. The monoisotopic (exact) mass is 474 g/mol. The highest BCUT2D eigenvalue weighted by molar-refractivity contribution is 7.15. The van der Waals surface area contributed by atoms with Crippen LogP contribution in [-0.2, 0) is 22.4 Å². The Kier molecular flexibility index (Phi) is 5.75. The fourth-order valence-corrected chi connectivity index (χ4v) is 5.53. The summed E-state index contributed by atoms with van der Waals surface area (Å²) in [7, 11) is 1.29. The summed E-state index contributed by atoms with van der Waals surface area (Å²) in [6.45, 7) is -0.445. The van der Waals surface area contributed by atoms with Gasteiger partial charge in [0.1, 0.15) is 17.1 Å². The van der Waals surface area contributed by atoms with Gasteiger partial charge in [0.15, 0.2) is 0 Å². The Morgan fingerprint density at radius 1 is 0.971 bits per heavy atom. The van der Waals surface area contributed by atoms with E-state index in [1.54, 1.807) is 24.3 Å². The Bertz CT molecular complexity index is 1310. The number of nitrogens with zero attached hydrogens (tertiary/aromatic N) is 1. The van der Waals surface area contributed by atoms with E-state index in [1.165, 1.54) is 36.0 Å². The molecule has 7 nitrogen and oxygen atoms in total. The number of aryl methyl sites for hydroxylation is 2. The molecule has 2 heterocycles. The molecule has 0 radical (unpaired) electrons. The van der Waals surface area contributed by atoms with Crippen molar-refractivity contribution in [2.45, 2.75) is 25.7 Å². The molecule has 172 valence electrons. The molecule has 0 bridgehead atoms. The van der Waals surface area contributed by atoms with E-state index >= 15 is 0 Å². The average Bonchev–Trinajstić information content (AvgIpc) is 3.38. The third kappa shape index (κ3) is 3.80. The molecule has 0 fully saturated rings. The van der Waals surface area contributed by atoms with Crippen molar-refractivity contribution in [3.05, 3.63) is 75.7 Å². The topological polar surface area (TPSA) is 92.8 Å². The summed E-state index contributed by atoms with van der Waals surface area (Å²) in [4.78, 5) is 51.5. The van der Waals surface area contributed by atoms with Crippen LogP contribution in [0.25, 0.3) is 11.1 Å². The Morgan fingerprint density at radius 3 is 2.32 bits per heavy atom. The maximum absolute atomic E-state index is 12.8. The summed E-state index contributed by atoms with van der Waals surface area (Å²) in [5, 5.41) is 4.84. The number of hydrogen-bond donors (Lipinski definition) is 1. The number of amides is 3. The van der Waals surface area contributed by atoms with Gasteiger partial charge in [0, 0.05) is 10.9 Å². The Morgan fingerprint density at radius 2 is 1.65 bits per heavy atom. The van der Waals surface area contributed by atoms with Crippen molar-refractivity contribution in [1.29, 1.82) is 0 Å². The molecule has 8 heteroatoms. The lowest BCUT2D eigenvalue weighted by Gasteiger charge is -2.17. The SMILES string of the molecule is COC(=O)c1c(-c2ccc3c(c2)CCCC3)csc1NC(=O)CN1C(=O)c2ccccc2C1=O. The number of thiophene rings is 1. The van der Waals surface area contributed by atoms with Gasteiger partial charge in [-0.05, 0) is 54.5 Å². The van der Waals surface area contributed by atoms with E-state index < -0.39 is 30.2 Å². The van der Waals surface area contributed by atoms with Gasteiger partial charge in [0.05, 0.1) is 18.2 Å². The van der Waals surface area contributed by atoms with Gasteiger partial charge in [-0.25, -0.2) is 4.79 Å². The second-order valence-electron chi connectivity index (χ2n) is 8.33. The van der Waals surface area contributed by atoms with Gasteiger partial charge in [-0.15, -0.1) is 11.3 Å². The van der Waals surface area contributed by atoms with Crippen LogP contribution in [0.1, 0.15) is 55.0 Å². The Balaban J connectivity index is 1.40. The molecular weight excluding hydrogens is 452 g/mol. The third-order valence-corrected chi connectivity index (χ3v) is 7.17. The first-order valence-corrected chi connectivity index (χ1v) is 11.9. The fourth-order valence-electron chi connectivity index (χ4n) is 4.56. The molecule has 0 unspecified atom stereocenters. The van der Waals surface area contributed by atoms with E-state index in [4.69, 9.17) is 4.74 Å². The van der Waals surface area contributed by atoms with E-state index in [-0.39, 0.29) is 16.7 Å². The molecule has 2 aromatic carbocycles. The number of carbonyl (C=O) groups is 4. The van der Waals surface area contributed by atoms with Crippen molar-refractivity contribution >= 4 is 40.0 Å². The maximum Gasteiger partial charge on any atom is 0.341 e. The second kappa shape index (κ2) is 8.87.